The largest absolute Gasteiger partial charge is 0.476 e. The predicted octanol–water partition coefficient (Wildman–Crippen LogP) is 1.46. The van der Waals surface area contributed by atoms with Crippen molar-refractivity contribution < 1.29 is 9.90 Å². The molecule has 2 rings (SSSR count). The lowest BCUT2D eigenvalue weighted by Crippen LogP contribution is -2.12. The van der Waals surface area contributed by atoms with Crippen LogP contribution in [0.15, 0.2) is 30.3 Å². The van der Waals surface area contributed by atoms with Crippen LogP contribution >= 0.6 is 0 Å². The summed E-state index contributed by atoms with van der Waals surface area (Å²) in [6, 6.07) is 10.3. The van der Waals surface area contributed by atoms with Crippen LogP contribution in [0.3, 0.4) is 0 Å². The van der Waals surface area contributed by atoms with E-state index in [2.05, 4.69) is 22.4 Å². The number of hydrogen-bond donors (Lipinski definition) is 2. The number of unbranched alkanes of at least 4 members (excludes halogenated alkanes) is 1. The number of rotatable bonds is 7. The number of benzene rings is 1. The number of carboxylic acid groups (broad SMARTS) is 1. The summed E-state index contributed by atoms with van der Waals surface area (Å²) in [6.45, 7) is 0.771. The second-order valence-electron chi connectivity index (χ2n) is 4.56. The molecule has 20 heavy (non-hydrogen) atoms. The zero-order chi connectivity index (χ0) is 14.4. The zero-order valence-electron chi connectivity index (χ0n) is 11.2. The van der Waals surface area contributed by atoms with Crippen molar-refractivity contribution in [1.82, 2.24) is 15.0 Å². The Morgan fingerprint density at radius 1 is 1.25 bits per heavy atom. The van der Waals surface area contributed by atoms with Gasteiger partial charge in [0.25, 0.3) is 0 Å². The molecule has 6 heteroatoms. The molecule has 0 amide bonds. The fourth-order valence-corrected chi connectivity index (χ4v) is 2.12. The fourth-order valence-electron chi connectivity index (χ4n) is 2.12. The number of nitrogens with two attached hydrogens (primary N) is 1. The maximum Gasteiger partial charge on any atom is 0.358 e. The van der Waals surface area contributed by atoms with Crippen LogP contribution in [0.4, 0.5) is 0 Å². The van der Waals surface area contributed by atoms with Crippen LogP contribution in [-0.2, 0) is 19.5 Å². The molecule has 0 aliphatic carbocycles. The highest BCUT2D eigenvalue weighted by Gasteiger charge is 2.17. The van der Waals surface area contributed by atoms with Gasteiger partial charge < -0.3 is 10.8 Å². The molecule has 0 fully saturated rings. The number of aromatic nitrogens is 3. The molecule has 0 saturated carbocycles. The van der Waals surface area contributed by atoms with E-state index in [-0.39, 0.29) is 12.2 Å². The molecular weight excluding hydrogens is 256 g/mol. The molecule has 0 unspecified atom stereocenters. The van der Waals surface area contributed by atoms with Crippen LogP contribution in [0, 0.1) is 0 Å². The Morgan fingerprint density at radius 2 is 2.00 bits per heavy atom. The van der Waals surface area contributed by atoms with Crippen LogP contribution in [0.1, 0.15) is 34.6 Å². The SMILES string of the molecule is NCc1c(C(=O)O)nnn1CCCCc1ccccc1. The van der Waals surface area contributed by atoms with E-state index < -0.39 is 5.97 Å². The van der Waals surface area contributed by atoms with Gasteiger partial charge >= 0.3 is 5.97 Å². The third kappa shape index (κ3) is 3.42. The summed E-state index contributed by atoms with van der Waals surface area (Å²) >= 11 is 0. The van der Waals surface area contributed by atoms with Gasteiger partial charge in [0.1, 0.15) is 0 Å². The van der Waals surface area contributed by atoms with Crippen LogP contribution < -0.4 is 5.73 Å². The van der Waals surface area contributed by atoms with Gasteiger partial charge in [0.2, 0.25) is 0 Å². The van der Waals surface area contributed by atoms with Gasteiger partial charge in [-0.2, -0.15) is 0 Å². The Labute approximate surface area is 117 Å². The van der Waals surface area contributed by atoms with Crippen LogP contribution in [0.25, 0.3) is 0 Å². The summed E-state index contributed by atoms with van der Waals surface area (Å²) in [7, 11) is 0. The molecule has 0 atom stereocenters. The third-order valence-electron chi connectivity index (χ3n) is 3.16. The highest BCUT2D eigenvalue weighted by molar-refractivity contribution is 5.86. The van der Waals surface area contributed by atoms with Crippen LogP contribution in [-0.4, -0.2) is 26.1 Å². The molecule has 0 bridgehead atoms. The van der Waals surface area contributed by atoms with Gasteiger partial charge in [0.05, 0.1) is 5.69 Å². The number of carbonyl (C=O) groups is 1. The Bertz CT molecular complexity index is 566. The molecule has 3 N–H and O–H groups in total. The van der Waals surface area contributed by atoms with Crippen molar-refractivity contribution in [2.75, 3.05) is 0 Å². The lowest BCUT2D eigenvalue weighted by molar-refractivity contribution is 0.0689. The monoisotopic (exact) mass is 274 g/mol. The number of aromatic carboxylic acids is 1. The van der Waals surface area contributed by atoms with E-state index >= 15 is 0 Å². The lowest BCUT2D eigenvalue weighted by Gasteiger charge is -2.05. The Kier molecular flexibility index (Phi) is 4.84. The summed E-state index contributed by atoms with van der Waals surface area (Å²) in [4.78, 5) is 10.9. The first-order valence-corrected chi connectivity index (χ1v) is 6.62. The van der Waals surface area contributed by atoms with Crippen molar-refractivity contribution >= 4 is 5.97 Å². The lowest BCUT2D eigenvalue weighted by atomic mass is 10.1. The maximum atomic E-state index is 10.9. The quantitative estimate of drug-likeness (QED) is 0.745. The molecule has 106 valence electrons. The summed E-state index contributed by atoms with van der Waals surface area (Å²) < 4.78 is 1.59. The predicted molar refractivity (Wildman–Crippen MR) is 74.3 cm³/mol. The molecular formula is C14H18N4O2. The average molecular weight is 274 g/mol. The first kappa shape index (κ1) is 14.2. The second-order valence-corrected chi connectivity index (χ2v) is 4.56. The zero-order valence-corrected chi connectivity index (χ0v) is 11.2. The minimum atomic E-state index is -1.08. The minimum Gasteiger partial charge on any atom is -0.476 e. The molecule has 0 saturated heterocycles. The number of hydrogen-bond acceptors (Lipinski definition) is 4. The molecule has 0 radical (unpaired) electrons. The maximum absolute atomic E-state index is 10.9. The second kappa shape index (κ2) is 6.81. The van der Waals surface area contributed by atoms with Gasteiger partial charge in [-0.1, -0.05) is 35.5 Å². The number of aryl methyl sites for hydroxylation is 2. The van der Waals surface area contributed by atoms with Crippen molar-refractivity contribution in [3.05, 3.63) is 47.3 Å². The molecule has 1 aromatic heterocycles. The average Bonchev–Trinajstić information content (AvgIpc) is 2.88. The Hall–Kier alpha value is -2.21. The van der Waals surface area contributed by atoms with Gasteiger partial charge in [-0.05, 0) is 24.8 Å². The molecule has 0 aliphatic heterocycles. The van der Waals surface area contributed by atoms with Gasteiger partial charge in [-0.15, -0.1) is 5.10 Å². The van der Waals surface area contributed by atoms with E-state index in [1.54, 1.807) is 4.68 Å². The summed E-state index contributed by atoms with van der Waals surface area (Å²) in [5.41, 5.74) is 7.30. The number of carboxylic acids is 1. The fraction of sp³-hybridized carbons (Fsp3) is 0.357. The Morgan fingerprint density at radius 3 is 2.65 bits per heavy atom. The van der Waals surface area contributed by atoms with Gasteiger partial charge in [0.15, 0.2) is 5.69 Å². The van der Waals surface area contributed by atoms with E-state index in [9.17, 15) is 4.79 Å². The van der Waals surface area contributed by atoms with E-state index in [1.807, 2.05) is 18.2 Å². The summed E-state index contributed by atoms with van der Waals surface area (Å²) in [6.07, 6.45) is 2.92. The topological polar surface area (TPSA) is 94.0 Å². The van der Waals surface area contributed by atoms with Gasteiger partial charge in [-0.3, -0.25) is 0 Å². The van der Waals surface area contributed by atoms with E-state index in [4.69, 9.17) is 10.8 Å². The van der Waals surface area contributed by atoms with E-state index in [1.165, 1.54) is 5.56 Å². The first-order valence-electron chi connectivity index (χ1n) is 6.62. The van der Waals surface area contributed by atoms with Crippen molar-refractivity contribution in [3.63, 3.8) is 0 Å². The number of nitrogens with zero attached hydrogens (tertiary/aromatic N) is 3. The van der Waals surface area contributed by atoms with Crippen molar-refractivity contribution in [1.29, 1.82) is 0 Å². The molecule has 0 spiro atoms. The summed E-state index contributed by atoms with van der Waals surface area (Å²) in [5, 5.41) is 16.5. The molecule has 1 heterocycles. The first-order chi connectivity index (χ1) is 9.72. The smallest absolute Gasteiger partial charge is 0.358 e. The highest BCUT2D eigenvalue weighted by atomic mass is 16.4. The van der Waals surface area contributed by atoms with Crippen molar-refractivity contribution in [2.24, 2.45) is 5.73 Å². The van der Waals surface area contributed by atoms with E-state index in [0.717, 1.165) is 19.3 Å². The molecule has 2 aromatic rings. The third-order valence-corrected chi connectivity index (χ3v) is 3.16. The van der Waals surface area contributed by atoms with E-state index in [0.29, 0.717) is 12.2 Å². The molecule has 0 aliphatic rings. The minimum absolute atomic E-state index is 0.0458. The van der Waals surface area contributed by atoms with Crippen LogP contribution in [0.2, 0.25) is 0 Å². The highest BCUT2D eigenvalue weighted by Crippen LogP contribution is 2.09. The Balaban J connectivity index is 1.87. The normalized spacial score (nSPS) is 10.7. The van der Waals surface area contributed by atoms with Gasteiger partial charge in [-0.25, -0.2) is 9.48 Å². The van der Waals surface area contributed by atoms with Crippen molar-refractivity contribution in [2.45, 2.75) is 32.4 Å². The van der Waals surface area contributed by atoms with Gasteiger partial charge in [0, 0.05) is 13.1 Å². The molecule has 1 aromatic carbocycles. The standard InChI is InChI=1S/C14H18N4O2/c15-10-12-13(14(19)20)16-17-18(12)9-5-4-8-11-6-2-1-3-7-11/h1-3,6-7H,4-5,8-10,15H2,(H,19,20). The van der Waals surface area contributed by atoms with Crippen molar-refractivity contribution in [3.8, 4) is 0 Å². The van der Waals surface area contributed by atoms with Crippen LogP contribution in [0.5, 0.6) is 0 Å². The summed E-state index contributed by atoms with van der Waals surface area (Å²) in [5.74, 6) is -1.08. The molecule has 6 nitrogen and oxygen atoms in total.